The number of nitrogens with one attached hydrogen (secondary N) is 1. The van der Waals surface area contributed by atoms with Gasteiger partial charge in [-0.2, -0.15) is 4.98 Å². The van der Waals surface area contributed by atoms with Gasteiger partial charge in [-0.25, -0.2) is 9.97 Å². The minimum atomic E-state index is 0.334. The molecule has 0 bridgehead atoms. The first-order chi connectivity index (χ1) is 12.1. The largest absolute Gasteiger partial charge is 0.478 e. The molecule has 0 atom stereocenters. The summed E-state index contributed by atoms with van der Waals surface area (Å²) in [6.45, 7) is 8.89. The average molecular weight is 335 g/mol. The first kappa shape index (κ1) is 15.6. The number of nitrogens with zero attached hydrogens (tertiary/aromatic N) is 4. The molecular weight excluding hydrogens is 314 g/mol. The summed E-state index contributed by atoms with van der Waals surface area (Å²) in [5, 5.41) is 1.05. The highest BCUT2D eigenvalue weighted by molar-refractivity contribution is 5.95. The highest BCUT2D eigenvalue weighted by Gasteiger charge is 2.14. The van der Waals surface area contributed by atoms with Crippen molar-refractivity contribution in [3.8, 4) is 17.0 Å². The Morgan fingerprint density at radius 1 is 1.24 bits per heavy atom. The van der Waals surface area contributed by atoms with Crippen molar-refractivity contribution in [2.45, 2.75) is 33.7 Å². The third kappa shape index (κ3) is 2.54. The van der Waals surface area contributed by atoms with Crippen molar-refractivity contribution in [1.29, 1.82) is 0 Å². The van der Waals surface area contributed by atoms with Gasteiger partial charge in [-0.15, -0.1) is 0 Å². The van der Waals surface area contributed by atoms with Crippen LogP contribution in [-0.2, 0) is 0 Å². The Balaban J connectivity index is 1.87. The van der Waals surface area contributed by atoms with Crippen LogP contribution in [0.3, 0.4) is 0 Å². The van der Waals surface area contributed by atoms with E-state index in [1.807, 2.05) is 38.4 Å². The van der Waals surface area contributed by atoms with E-state index >= 15 is 0 Å². The number of imidazole rings is 1. The van der Waals surface area contributed by atoms with E-state index in [0.717, 1.165) is 39.1 Å². The summed E-state index contributed by atoms with van der Waals surface area (Å²) in [4.78, 5) is 16.9. The smallest absolute Gasteiger partial charge is 0.215 e. The lowest BCUT2D eigenvalue weighted by molar-refractivity contribution is 0.328. The number of aryl methyl sites for hydroxylation is 1. The minimum absolute atomic E-state index is 0.334. The maximum absolute atomic E-state index is 5.48. The summed E-state index contributed by atoms with van der Waals surface area (Å²) in [6.07, 6.45) is 3.84. The lowest BCUT2D eigenvalue weighted by atomic mass is 10.1. The fourth-order valence-electron chi connectivity index (χ4n) is 3.34. The van der Waals surface area contributed by atoms with Crippen molar-refractivity contribution in [2.24, 2.45) is 0 Å². The van der Waals surface area contributed by atoms with Crippen LogP contribution in [0, 0.1) is 6.92 Å². The maximum atomic E-state index is 5.48. The molecule has 0 saturated carbocycles. The van der Waals surface area contributed by atoms with Crippen molar-refractivity contribution in [1.82, 2.24) is 24.5 Å². The monoisotopic (exact) mass is 335 g/mol. The van der Waals surface area contributed by atoms with Gasteiger partial charge in [0.1, 0.15) is 11.5 Å². The van der Waals surface area contributed by atoms with Crippen LogP contribution < -0.4 is 4.74 Å². The lowest BCUT2D eigenvalue weighted by Crippen LogP contribution is -2.02. The van der Waals surface area contributed by atoms with Crippen LogP contribution in [-0.4, -0.2) is 31.1 Å². The van der Waals surface area contributed by atoms with Gasteiger partial charge in [0.25, 0.3) is 0 Å². The predicted octanol–water partition coefficient (Wildman–Crippen LogP) is 4.26. The van der Waals surface area contributed by atoms with Crippen LogP contribution in [0.5, 0.6) is 5.88 Å². The second-order valence-corrected chi connectivity index (χ2v) is 6.37. The summed E-state index contributed by atoms with van der Waals surface area (Å²) in [5.41, 5.74) is 4.78. The summed E-state index contributed by atoms with van der Waals surface area (Å²) in [5.74, 6) is 1.61. The molecule has 0 aliphatic heterocycles. The molecular formula is C19H21N5O. The van der Waals surface area contributed by atoms with Gasteiger partial charge in [0.2, 0.25) is 5.88 Å². The summed E-state index contributed by atoms with van der Waals surface area (Å²) in [7, 11) is 0. The maximum Gasteiger partial charge on any atom is 0.215 e. The molecule has 4 aromatic rings. The van der Waals surface area contributed by atoms with Crippen LogP contribution in [0.2, 0.25) is 0 Å². The molecule has 0 aliphatic carbocycles. The molecule has 4 heterocycles. The molecule has 4 aromatic heterocycles. The van der Waals surface area contributed by atoms with Gasteiger partial charge in [-0.1, -0.05) is 0 Å². The molecule has 0 unspecified atom stereocenters. The standard InChI is InChI=1S/C19H21N5O/c1-5-25-17-7-6-14-15(10-21-18(14)23-17)13-8-16-19(20-9-13)22-12(4)24(16)11(2)3/h6-11H,5H2,1-4H3,(H,21,23). The summed E-state index contributed by atoms with van der Waals surface area (Å²) in [6, 6.07) is 6.42. The van der Waals surface area contributed by atoms with E-state index in [1.165, 1.54) is 0 Å². The van der Waals surface area contributed by atoms with E-state index in [0.29, 0.717) is 18.5 Å². The summed E-state index contributed by atoms with van der Waals surface area (Å²) >= 11 is 0. The Labute approximate surface area is 145 Å². The SMILES string of the molecule is CCOc1ccc2c(-c3cnc4nc(C)n(C(C)C)c4c3)c[nH]c2n1. The molecule has 6 nitrogen and oxygen atoms in total. The molecule has 1 N–H and O–H groups in total. The Morgan fingerprint density at radius 2 is 2.08 bits per heavy atom. The number of H-pyrrole nitrogens is 1. The Hall–Kier alpha value is -2.89. The molecule has 128 valence electrons. The van der Waals surface area contributed by atoms with Gasteiger partial charge >= 0.3 is 0 Å². The number of hydrogen-bond acceptors (Lipinski definition) is 4. The van der Waals surface area contributed by atoms with Crippen LogP contribution >= 0.6 is 0 Å². The first-order valence-electron chi connectivity index (χ1n) is 8.54. The Kier molecular flexibility index (Phi) is 3.67. The van der Waals surface area contributed by atoms with Gasteiger partial charge in [0, 0.05) is 41.0 Å². The minimum Gasteiger partial charge on any atom is -0.478 e. The topological polar surface area (TPSA) is 68.6 Å². The number of fused-ring (bicyclic) bond motifs is 2. The third-order valence-electron chi connectivity index (χ3n) is 4.36. The number of aromatic nitrogens is 5. The zero-order valence-corrected chi connectivity index (χ0v) is 14.9. The van der Waals surface area contributed by atoms with E-state index in [1.54, 1.807) is 0 Å². The number of rotatable bonds is 4. The third-order valence-corrected chi connectivity index (χ3v) is 4.36. The van der Waals surface area contributed by atoms with Gasteiger partial charge in [0.15, 0.2) is 5.65 Å². The van der Waals surface area contributed by atoms with E-state index in [-0.39, 0.29) is 0 Å². The number of hydrogen-bond donors (Lipinski definition) is 1. The van der Waals surface area contributed by atoms with E-state index < -0.39 is 0 Å². The van der Waals surface area contributed by atoms with Gasteiger partial charge in [-0.05, 0) is 39.8 Å². The zero-order chi connectivity index (χ0) is 17.6. The van der Waals surface area contributed by atoms with Crippen molar-refractivity contribution >= 4 is 22.2 Å². The van der Waals surface area contributed by atoms with Gasteiger partial charge in [0.05, 0.1) is 12.1 Å². The number of pyridine rings is 2. The predicted molar refractivity (Wildman–Crippen MR) is 98.9 cm³/mol. The van der Waals surface area contributed by atoms with E-state index in [2.05, 4.69) is 44.4 Å². The van der Waals surface area contributed by atoms with Crippen molar-refractivity contribution in [3.63, 3.8) is 0 Å². The van der Waals surface area contributed by atoms with Crippen molar-refractivity contribution in [3.05, 3.63) is 36.4 Å². The molecule has 0 spiro atoms. The van der Waals surface area contributed by atoms with Gasteiger partial charge in [-0.3, -0.25) is 0 Å². The molecule has 25 heavy (non-hydrogen) atoms. The highest BCUT2D eigenvalue weighted by Crippen LogP contribution is 2.31. The lowest BCUT2D eigenvalue weighted by Gasteiger charge is -2.11. The Bertz CT molecular complexity index is 1060. The normalized spacial score (nSPS) is 11.7. The highest BCUT2D eigenvalue weighted by atomic mass is 16.5. The van der Waals surface area contributed by atoms with Crippen molar-refractivity contribution < 1.29 is 4.74 Å². The second-order valence-electron chi connectivity index (χ2n) is 6.37. The molecule has 0 aliphatic rings. The number of aromatic amines is 1. The molecule has 0 saturated heterocycles. The fourth-order valence-corrected chi connectivity index (χ4v) is 3.34. The van der Waals surface area contributed by atoms with Crippen LogP contribution in [0.15, 0.2) is 30.6 Å². The second kappa shape index (κ2) is 5.88. The Morgan fingerprint density at radius 3 is 2.84 bits per heavy atom. The molecule has 0 radical (unpaired) electrons. The molecule has 4 rings (SSSR count). The van der Waals surface area contributed by atoms with E-state index in [9.17, 15) is 0 Å². The first-order valence-corrected chi connectivity index (χ1v) is 8.54. The average Bonchev–Trinajstić information content (AvgIpc) is 3.13. The molecule has 6 heteroatoms. The van der Waals surface area contributed by atoms with Crippen LogP contribution in [0.1, 0.15) is 32.6 Å². The van der Waals surface area contributed by atoms with Crippen LogP contribution in [0.25, 0.3) is 33.3 Å². The van der Waals surface area contributed by atoms with Gasteiger partial charge < -0.3 is 14.3 Å². The zero-order valence-electron chi connectivity index (χ0n) is 14.9. The fraction of sp³-hybridized carbons (Fsp3) is 0.316. The van der Waals surface area contributed by atoms with Crippen molar-refractivity contribution in [2.75, 3.05) is 6.61 Å². The molecule has 0 amide bonds. The number of ether oxygens (including phenoxy) is 1. The van der Waals surface area contributed by atoms with Crippen LogP contribution in [0.4, 0.5) is 0 Å². The summed E-state index contributed by atoms with van der Waals surface area (Å²) < 4.78 is 7.69. The molecule has 0 aromatic carbocycles. The molecule has 0 fully saturated rings. The quantitative estimate of drug-likeness (QED) is 0.605. The van der Waals surface area contributed by atoms with E-state index in [4.69, 9.17) is 4.74 Å².